The van der Waals surface area contributed by atoms with Crippen LogP contribution in [0.3, 0.4) is 0 Å². The van der Waals surface area contributed by atoms with E-state index in [1.165, 1.54) is 0 Å². The van der Waals surface area contributed by atoms with Gasteiger partial charge in [-0.15, -0.1) is 0 Å². The van der Waals surface area contributed by atoms with E-state index in [2.05, 4.69) is 4.52 Å². The highest BCUT2D eigenvalue weighted by atomic mass is 31.2. The summed E-state index contributed by atoms with van der Waals surface area (Å²) in [5, 5.41) is 4.13. The first-order valence-electron chi connectivity index (χ1n) is 5.70. The minimum absolute atomic E-state index is 0.163. The van der Waals surface area contributed by atoms with Crippen molar-refractivity contribution in [1.82, 2.24) is 0 Å². The smallest absolute Gasteiger partial charge is 0.404 e. The molecule has 19 heavy (non-hydrogen) atoms. The minimum atomic E-state index is -4.51. The molecule has 3 rings (SSSR count). The van der Waals surface area contributed by atoms with Crippen LogP contribution in [0.5, 0.6) is 5.75 Å². The maximum Gasteiger partial charge on any atom is 0.524 e. The molecule has 0 aromatic heterocycles. The molecule has 0 atom stereocenters. The summed E-state index contributed by atoms with van der Waals surface area (Å²) in [5.74, 6) is 0.163. The van der Waals surface area contributed by atoms with E-state index in [9.17, 15) is 4.57 Å². The average molecular weight is 274 g/mol. The quantitative estimate of drug-likeness (QED) is 0.554. The zero-order valence-corrected chi connectivity index (χ0v) is 10.7. The van der Waals surface area contributed by atoms with Crippen molar-refractivity contribution in [3.8, 4) is 5.75 Å². The van der Waals surface area contributed by atoms with Crippen LogP contribution in [0, 0.1) is 0 Å². The minimum Gasteiger partial charge on any atom is -0.404 e. The molecule has 0 saturated heterocycles. The molecule has 0 unspecified atom stereocenters. The number of benzene rings is 3. The van der Waals surface area contributed by atoms with Gasteiger partial charge in [0.15, 0.2) is 0 Å². The summed E-state index contributed by atoms with van der Waals surface area (Å²) in [5.41, 5.74) is 0. The second-order valence-corrected chi connectivity index (χ2v) is 5.42. The third kappa shape index (κ3) is 2.47. The summed E-state index contributed by atoms with van der Waals surface area (Å²) >= 11 is 0. The van der Waals surface area contributed by atoms with E-state index in [1.807, 2.05) is 42.5 Å². The van der Waals surface area contributed by atoms with Crippen LogP contribution < -0.4 is 4.52 Å². The second-order valence-electron chi connectivity index (χ2n) is 4.25. The van der Waals surface area contributed by atoms with E-state index in [0.717, 1.165) is 21.5 Å². The first kappa shape index (κ1) is 12.2. The van der Waals surface area contributed by atoms with Crippen molar-refractivity contribution in [2.24, 2.45) is 0 Å². The van der Waals surface area contributed by atoms with E-state index in [-0.39, 0.29) is 5.75 Å². The molecule has 3 aromatic rings. The van der Waals surface area contributed by atoms with E-state index >= 15 is 0 Å². The van der Waals surface area contributed by atoms with Crippen molar-refractivity contribution < 1.29 is 18.9 Å². The molecule has 0 fully saturated rings. The zero-order valence-electron chi connectivity index (χ0n) is 9.85. The maximum absolute atomic E-state index is 10.8. The Labute approximate surface area is 109 Å². The fourth-order valence-corrected chi connectivity index (χ4v) is 2.57. The lowest BCUT2D eigenvalue weighted by Gasteiger charge is -2.09. The van der Waals surface area contributed by atoms with Crippen molar-refractivity contribution in [3.63, 3.8) is 0 Å². The SMILES string of the molecule is O=P(O)(O)Oc1ccc2c(ccc3ccccc32)c1. The monoisotopic (exact) mass is 274 g/mol. The van der Waals surface area contributed by atoms with Crippen LogP contribution in [-0.2, 0) is 4.57 Å². The van der Waals surface area contributed by atoms with E-state index in [0.29, 0.717) is 0 Å². The number of hydrogen-bond acceptors (Lipinski definition) is 2. The van der Waals surface area contributed by atoms with Crippen molar-refractivity contribution in [2.45, 2.75) is 0 Å². The highest BCUT2D eigenvalue weighted by Gasteiger charge is 2.15. The van der Waals surface area contributed by atoms with Gasteiger partial charge >= 0.3 is 7.82 Å². The van der Waals surface area contributed by atoms with Gasteiger partial charge in [-0.3, -0.25) is 9.79 Å². The van der Waals surface area contributed by atoms with Gasteiger partial charge in [0.05, 0.1) is 0 Å². The Balaban J connectivity index is 2.20. The fourth-order valence-electron chi connectivity index (χ4n) is 2.19. The molecule has 0 aliphatic rings. The molecule has 3 aromatic carbocycles. The number of fused-ring (bicyclic) bond motifs is 3. The number of rotatable bonds is 2. The summed E-state index contributed by atoms with van der Waals surface area (Å²) in [6.45, 7) is 0. The van der Waals surface area contributed by atoms with Crippen LogP contribution in [0.2, 0.25) is 0 Å². The standard InChI is InChI=1S/C14H11O4P/c15-19(16,17)18-12-7-8-14-11(9-12)6-5-10-3-1-2-4-13(10)14/h1-9H,(H2,15,16,17). The Morgan fingerprint density at radius 3 is 2.32 bits per heavy atom. The first-order valence-corrected chi connectivity index (χ1v) is 7.23. The molecule has 0 spiro atoms. The average Bonchev–Trinajstić information content (AvgIpc) is 2.36. The summed E-state index contributed by atoms with van der Waals surface area (Å²) in [6, 6.07) is 16.8. The maximum atomic E-state index is 10.8. The molecule has 0 bridgehead atoms. The fraction of sp³-hybridized carbons (Fsp3) is 0. The van der Waals surface area contributed by atoms with E-state index < -0.39 is 7.82 Å². The summed E-state index contributed by atoms with van der Waals surface area (Å²) in [7, 11) is -4.51. The third-order valence-corrected chi connectivity index (χ3v) is 3.39. The zero-order chi connectivity index (χ0) is 13.5. The van der Waals surface area contributed by atoms with Crippen LogP contribution >= 0.6 is 7.82 Å². The van der Waals surface area contributed by atoms with Gasteiger partial charge in [0.1, 0.15) is 5.75 Å². The van der Waals surface area contributed by atoms with Crippen LogP contribution in [0.25, 0.3) is 21.5 Å². The molecule has 96 valence electrons. The second kappa shape index (κ2) is 4.35. The Hall–Kier alpha value is -1.87. The molecule has 0 aliphatic carbocycles. The largest absolute Gasteiger partial charge is 0.524 e. The highest BCUT2D eigenvalue weighted by molar-refractivity contribution is 7.46. The van der Waals surface area contributed by atoms with E-state index in [1.54, 1.807) is 12.1 Å². The summed E-state index contributed by atoms with van der Waals surface area (Å²) < 4.78 is 15.4. The van der Waals surface area contributed by atoms with Gasteiger partial charge in [0.25, 0.3) is 0 Å². The van der Waals surface area contributed by atoms with Crippen LogP contribution in [0.1, 0.15) is 0 Å². The van der Waals surface area contributed by atoms with Gasteiger partial charge in [-0.25, -0.2) is 4.57 Å². The first-order chi connectivity index (χ1) is 9.03. The van der Waals surface area contributed by atoms with Gasteiger partial charge in [0.2, 0.25) is 0 Å². The highest BCUT2D eigenvalue weighted by Crippen LogP contribution is 2.39. The van der Waals surface area contributed by atoms with Crippen LogP contribution in [-0.4, -0.2) is 9.79 Å². The van der Waals surface area contributed by atoms with Crippen LogP contribution in [0.4, 0.5) is 0 Å². The Morgan fingerprint density at radius 1 is 0.842 bits per heavy atom. The van der Waals surface area contributed by atoms with Gasteiger partial charge in [-0.05, 0) is 33.7 Å². The number of phosphoric acid groups is 1. The van der Waals surface area contributed by atoms with Gasteiger partial charge in [0, 0.05) is 0 Å². The molecule has 0 amide bonds. The normalized spacial score (nSPS) is 11.9. The summed E-state index contributed by atoms with van der Waals surface area (Å²) in [4.78, 5) is 17.6. The molecule has 0 saturated carbocycles. The lowest BCUT2D eigenvalue weighted by molar-refractivity contribution is 0.283. The number of phosphoric ester groups is 1. The predicted octanol–water partition coefficient (Wildman–Crippen LogP) is 3.46. The van der Waals surface area contributed by atoms with Crippen molar-refractivity contribution in [1.29, 1.82) is 0 Å². The Bertz CT molecular complexity index is 807. The van der Waals surface area contributed by atoms with Gasteiger partial charge < -0.3 is 4.52 Å². The van der Waals surface area contributed by atoms with Gasteiger partial charge in [-0.2, -0.15) is 0 Å². The molecule has 4 nitrogen and oxygen atoms in total. The lowest BCUT2D eigenvalue weighted by atomic mass is 10.0. The molecule has 5 heteroatoms. The van der Waals surface area contributed by atoms with Crippen LogP contribution in [0.15, 0.2) is 54.6 Å². The van der Waals surface area contributed by atoms with Crippen molar-refractivity contribution in [3.05, 3.63) is 54.6 Å². The molecule has 0 radical (unpaired) electrons. The lowest BCUT2D eigenvalue weighted by Crippen LogP contribution is -1.90. The summed E-state index contributed by atoms with van der Waals surface area (Å²) in [6.07, 6.45) is 0. The predicted molar refractivity (Wildman–Crippen MR) is 74.1 cm³/mol. The molecular formula is C14H11O4P. The van der Waals surface area contributed by atoms with Crippen molar-refractivity contribution in [2.75, 3.05) is 0 Å². The molecular weight excluding hydrogens is 263 g/mol. The van der Waals surface area contributed by atoms with Crippen molar-refractivity contribution >= 4 is 29.4 Å². The Kier molecular flexibility index (Phi) is 2.79. The molecule has 0 aliphatic heterocycles. The van der Waals surface area contributed by atoms with Gasteiger partial charge in [-0.1, -0.05) is 42.5 Å². The Morgan fingerprint density at radius 2 is 1.53 bits per heavy atom. The third-order valence-electron chi connectivity index (χ3n) is 2.94. The van der Waals surface area contributed by atoms with E-state index in [4.69, 9.17) is 9.79 Å². The molecule has 0 heterocycles. The number of hydrogen-bond donors (Lipinski definition) is 2. The molecule has 2 N–H and O–H groups in total. The topological polar surface area (TPSA) is 66.8 Å².